The van der Waals surface area contributed by atoms with Gasteiger partial charge in [0.1, 0.15) is 0 Å². The van der Waals surface area contributed by atoms with Crippen LogP contribution in [0.4, 0.5) is 8.78 Å². The second kappa shape index (κ2) is 9.36. The predicted molar refractivity (Wildman–Crippen MR) is 77.8 cm³/mol. The third-order valence-electron chi connectivity index (χ3n) is 3.21. The number of hydrogen-bond acceptors (Lipinski definition) is 1. The van der Waals surface area contributed by atoms with Crippen LogP contribution in [0, 0.1) is 24.0 Å². The van der Waals surface area contributed by atoms with E-state index in [4.69, 9.17) is 11.2 Å². The molecule has 0 heterocycles. The van der Waals surface area contributed by atoms with Crippen LogP contribution in [0.5, 0.6) is 5.75 Å². The van der Waals surface area contributed by atoms with Crippen molar-refractivity contribution in [2.24, 2.45) is 0 Å². The molecule has 20 heavy (non-hydrogen) atoms. The summed E-state index contributed by atoms with van der Waals surface area (Å²) in [5, 5.41) is 0. The molecular weight excluding hydrogens is 258 g/mol. The molecule has 1 aromatic rings. The van der Waals surface area contributed by atoms with Gasteiger partial charge in [0.05, 0.1) is 12.2 Å². The standard InChI is InChI=1S/C17H22F2O/c1-3-5-6-7-8-9-10-13-20-15-12-11-14(4-2)16(18)17(15)19/h2,11-12H,3,5-10,13H2,1H3. The van der Waals surface area contributed by atoms with E-state index in [0.717, 1.165) is 19.3 Å². The van der Waals surface area contributed by atoms with Crippen LogP contribution in [-0.2, 0) is 0 Å². The highest BCUT2D eigenvalue weighted by Crippen LogP contribution is 2.22. The summed E-state index contributed by atoms with van der Waals surface area (Å²) in [7, 11) is 0. The Morgan fingerprint density at radius 2 is 1.65 bits per heavy atom. The van der Waals surface area contributed by atoms with Gasteiger partial charge in [-0.15, -0.1) is 6.42 Å². The highest BCUT2D eigenvalue weighted by molar-refractivity contribution is 5.39. The molecule has 0 aromatic heterocycles. The third-order valence-corrected chi connectivity index (χ3v) is 3.21. The fourth-order valence-corrected chi connectivity index (χ4v) is 2.00. The summed E-state index contributed by atoms with van der Waals surface area (Å²) in [5.41, 5.74) is -0.0780. The van der Waals surface area contributed by atoms with E-state index in [2.05, 4.69) is 12.8 Å². The Morgan fingerprint density at radius 1 is 1.00 bits per heavy atom. The molecule has 0 spiro atoms. The molecule has 1 aromatic carbocycles. The van der Waals surface area contributed by atoms with Crippen molar-refractivity contribution >= 4 is 0 Å². The molecule has 0 atom stereocenters. The molecule has 0 saturated heterocycles. The van der Waals surface area contributed by atoms with Gasteiger partial charge < -0.3 is 4.74 Å². The van der Waals surface area contributed by atoms with E-state index >= 15 is 0 Å². The van der Waals surface area contributed by atoms with Gasteiger partial charge in [0, 0.05) is 0 Å². The third kappa shape index (κ3) is 5.21. The lowest BCUT2D eigenvalue weighted by Gasteiger charge is -2.08. The van der Waals surface area contributed by atoms with Crippen molar-refractivity contribution in [2.45, 2.75) is 51.9 Å². The molecule has 0 bridgehead atoms. The Hall–Kier alpha value is -1.56. The minimum Gasteiger partial charge on any atom is -0.490 e. The zero-order valence-electron chi connectivity index (χ0n) is 12.1. The van der Waals surface area contributed by atoms with Crippen LogP contribution in [0.1, 0.15) is 57.4 Å². The first-order chi connectivity index (χ1) is 9.70. The molecule has 0 unspecified atom stereocenters. The van der Waals surface area contributed by atoms with Crippen molar-refractivity contribution in [2.75, 3.05) is 6.61 Å². The maximum atomic E-state index is 13.6. The van der Waals surface area contributed by atoms with E-state index < -0.39 is 11.6 Å². The Balaban J connectivity index is 2.26. The Bertz CT molecular complexity index is 449. The van der Waals surface area contributed by atoms with E-state index in [9.17, 15) is 8.78 Å². The van der Waals surface area contributed by atoms with E-state index in [-0.39, 0.29) is 11.3 Å². The normalized spacial score (nSPS) is 10.3. The van der Waals surface area contributed by atoms with Gasteiger partial charge in [-0.2, -0.15) is 4.39 Å². The summed E-state index contributed by atoms with van der Waals surface area (Å²) < 4.78 is 32.2. The molecule has 0 radical (unpaired) electrons. The molecule has 0 aliphatic rings. The van der Waals surface area contributed by atoms with E-state index in [1.807, 2.05) is 0 Å². The van der Waals surface area contributed by atoms with Crippen LogP contribution in [0.15, 0.2) is 12.1 Å². The van der Waals surface area contributed by atoms with Gasteiger partial charge in [-0.3, -0.25) is 0 Å². The highest BCUT2D eigenvalue weighted by Gasteiger charge is 2.12. The first-order valence-electron chi connectivity index (χ1n) is 7.28. The molecule has 1 rings (SSSR count). The maximum Gasteiger partial charge on any atom is 0.201 e. The summed E-state index contributed by atoms with van der Waals surface area (Å²) in [6.45, 7) is 2.59. The Labute approximate surface area is 120 Å². The van der Waals surface area contributed by atoms with Crippen molar-refractivity contribution in [1.29, 1.82) is 0 Å². The maximum absolute atomic E-state index is 13.6. The molecule has 0 aliphatic carbocycles. The highest BCUT2D eigenvalue weighted by atomic mass is 19.2. The molecule has 3 heteroatoms. The van der Waals surface area contributed by atoms with Gasteiger partial charge in [0.2, 0.25) is 5.82 Å². The van der Waals surface area contributed by atoms with Crippen LogP contribution in [0.2, 0.25) is 0 Å². The average molecular weight is 280 g/mol. The van der Waals surface area contributed by atoms with Crippen LogP contribution < -0.4 is 4.74 Å². The van der Waals surface area contributed by atoms with Gasteiger partial charge in [-0.05, 0) is 18.6 Å². The number of benzene rings is 1. The number of rotatable bonds is 9. The second-order valence-corrected chi connectivity index (χ2v) is 4.85. The summed E-state index contributed by atoms with van der Waals surface area (Å²) in [5.74, 6) is 0.0244. The van der Waals surface area contributed by atoms with E-state index in [1.54, 1.807) is 0 Å². The fourth-order valence-electron chi connectivity index (χ4n) is 2.00. The molecule has 1 nitrogen and oxygen atoms in total. The number of unbranched alkanes of at least 4 members (excludes halogenated alkanes) is 6. The minimum atomic E-state index is -1.01. The van der Waals surface area contributed by atoms with Crippen LogP contribution >= 0.6 is 0 Å². The van der Waals surface area contributed by atoms with Crippen molar-refractivity contribution in [1.82, 2.24) is 0 Å². The number of halogens is 2. The van der Waals surface area contributed by atoms with Gasteiger partial charge in [-0.25, -0.2) is 4.39 Å². The molecule has 0 saturated carbocycles. The molecular formula is C17H22F2O. The van der Waals surface area contributed by atoms with Crippen LogP contribution in [0.3, 0.4) is 0 Å². The number of hydrogen-bond donors (Lipinski definition) is 0. The summed E-state index contributed by atoms with van der Waals surface area (Å²) in [4.78, 5) is 0. The van der Waals surface area contributed by atoms with Crippen molar-refractivity contribution < 1.29 is 13.5 Å². The van der Waals surface area contributed by atoms with Gasteiger partial charge in [0.25, 0.3) is 0 Å². The lowest BCUT2D eigenvalue weighted by molar-refractivity contribution is 0.284. The van der Waals surface area contributed by atoms with Gasteiger partial charge >= 0.3 is 0 Å². The van der Waals surface area contributed by atoms with Crippen molar-refractivity contribution in [3.05, 3.63) is 29.3 Å². The van der Waals surface area contributed by atoms with E-state index in [1.165, 1.54) is 37.8 Å². The lowest BCUT2D eigenvalue weighted by Crippen LogP contribution is -2.01. The zero-order valence-corrected chi connectivity index (χ0v) is 12.1. The topological polar surface area (TPSA) is 9.23 Å². The Morgan fingerprint density at radius 3 is 2.30 bits per heavy atom. The monoisotopic (exact) mass is 280 g/mol. The lowest BCUT2D eigenvalue weighted by atomic mass is 10.1. The zero-order chi connectivity index (χ0) is 14.8. The molecule has 0 amide bonds. The SMILES string of the molecule is C#Cc1ccc(OCCCCCCCCC)c(F)c1F. The first kappa shape index (κ1) is 16.5. The van der Waals surface area contributed by atoms with Gasteiger partial charge in [0.15, 0.2) is 11.6 Å². The van der Waals surface area contributed by atoms with Crippen molar-refractivity contribution in [3.8, 4) is 18.1 Å². The Kier molecular flexibility index (Phi) is 7.72. The summed E-state index contributed by atoms with van der Waals surface area (Å²) in [6, 6.07) is 2.74. The predicted octanol–water partition coefficient (Wildman–Crippen LogP) is 5.08. The van der Waals surface area contributed by atoms with Crippen LogP contribution in [0.25, 0.3) is 0 Å². The second-order valence-electron chi connectivity index (χ2n) is 4.85. The summed E-state index contributed by atoms with van der Waals surface area (Å²) in [6.07, 6.45) is 13.1. The largest absolute Gasteiger partial charge is 0.490 e. The smallest absolute Gasteiger partial charge is 0.201 e. The fraction of sp³-hybridized carbons (Fsp3) is 0.529. The minimum absolute atomic E-state index is 0.0625. The number of terminal acetylenes is 1. The quantitative estimate of drug-likeness (QED) is 0.453. The molecule has 110 valence electrons. The van der Waals surface area contributed by atoms with E-state index in [0.29, 0.717) is 6.61 Å². The van der Waals surface area contributed by atoms with Crippen molar-refractivity contribution in [3.63, 3.8) is 0 Å². The molecule has 0 aliphatic heterocycles. The van der Waals surface area contributed by atoms with Crippen LogP contribution in [-0.4, -0.2) is 6.61 Å². The molecule has 0 fully saturated rings. The molecule has 0 N–H and O–H groups in total. The average Bonchev–Trinajstić information content (AvgIpc) is 2.46. The first-order valence-corrected chi connectivity index (χ1v) is 7.28. The number of ether oxygens (including phenoxy) is 1. The summed E-state index contributed by atoms with van der Waals surface area (Å²) >= 11 is 0. The van der Waals surface area contributed by atoms with Gasteiger partial charge in [-0.1, -0.05) is 51.4 Å².